The van der Waals surface area contributed by atoms with Crippen molar-refractivity contribution in [2.75, 3.05) is 19.7 Å². The lowest BCUT2D eigenvalue weighted by Gasteiger charge is -2.29. The van der Waals surface area contributed by atoms with Crippen LogP contribution in [0.5, 0.6) is 5.75 Å². The van der Waals surface area contributed by atoms with Gasteiger partial charge in [0, 0.05) is 19.5 Å². The lowest BCUT2D eigenvalue weighted by atomic mass is 10.0. The third-order valence-electron chi connectivity index (χ3n) is 4.83. The predicted molar refractivity (Wildman–Crippen MR) is 99.3 cm³/mol. The van der Waals surface area contributed by atoms with Gasteiger partial charge < -0.3 is 20.7 Å². The highest BCUT2D eigenvalue weighted by Crippen LogP contribution is 2.33. The van der Waals surface area contributed by atoms with Crippen molar-refractivity contribution < 1.29 is 23.9 Å². The summed E-state index contributed by atoms with van der Waals surface area (Å²) in [4.78, 5) is 49.7. The number of hydrogen-bond donors (Lipinski definition) is 3. The fourth-order valence-corrected chi connectivity index (χ4v) is 3.39. The van der Waals surface area contributed by atoms with Gasteiger partial charge in [-0.15, -0.1) is 0 Å². The molecule has 2 aliphatic heterocycles. The molecule has 9 nitrogen and oxygen atoms in total. The number of carbonyl (C=O) groups is 4. The van der Waals surface area contributed by atoms with Gasteiger partial charge in [0.25, 0.3) is 11.8 Å². The van der Waals surface area contributed by atoms with Crippen molar-refractivity contribution in [1.29, 1.82) is 0 Å². The van der Waals surface area contributed by atoms with Crippen molar-refractivity contribution in [2.45, 2.75) is 38.3 Å². The van der Waals surface area contributed by atoms with Gasteiger partial charge in [-0.3, -0.25) is 24.5 Å². The molecule has 4 amide bonds. The summed E-state index contributed by atoms with van der Waals surface area (Å²) in [6, 6.07) is 4.48. The first-order chi connectivity index (χ1) is 13.5. The van der Waals surface area contributed by atoms with Gasteiger partial charge in [0.1, 0.15) is 11.8 Å². The highest BCUT2D eigenvalue weighted by atomic mass is 16.5. The molecule has 150 valence electrons. The van der Waals surface area contributed by atoms with Crippen LogP contribution in [0.15, 0.2) is 18.2 Å². The van der Waals surface area contributed by atoms with E-state index in [0.29, 0.717) is 30.8 Å². The summed E-state index contributed by atoms with van der Waals surface area (Å²) in [5.41, 5.74) is 6.51. The third kappa shape index (κ3) is 4.30. The molecular formula is C19H24N4O5. The van der Waals surface area contributed by atoms with Crippen molar-refractivity contribution in [1.82, 2.24) is 15.5 Å². The lowest BCUT2D eigenvalue weighted by molar-refractivity contribution is -0.137. The monoisotopic (exact) mass is 388 g/mol. The predicted octanol–water partition coefficient (Wildman–Crippen LogP) is -0.318. The summed E-state index contributed by atoms with van der Waals surface area (Å²) >= 11 is 0. The van der Waals surface area contributed by atoms with E-state index < -0.39 is 11.9 Å². The summed E-state index contributed by atoms with van der Waals surface area (Å²) in [5, 5.41) is 5.01. The number of hydrogen-bond acceptors (Lipinski definition) is 6. The molecule has 1 aromatic rings. The van der Waals surface area contributed by atoms with Crippen LogP contribution in [0.25, 0.3) is 0 Å². The maximum Gasteiger partial charge on any atom is 0.258 e. The Morgan fingerprint density at radius 1 is 1.29 bits per heavy atom. The highest BCUT2D eigenvalue weighted by Gasteiger charge is 2.40. The van der Waals surface area contributed by atoms with E-state index in [1.807, 2.05) is 0 Å². The first kappa shape index (κ1) is 19.8. The minimum absolute atomic E-state index is 0.199. The van der Waals surface area contributed by atoms with Crippen LogP contribution in [0.2, 0.25) is 0 Å². The molecule has 3 rings (SSSR count). The number of nitrogens with zero attached hydrogens (tertiary/aromatic N) is 1. The number of nitrogens with two attached hydrogens (primary N) is 1. The van der Waals surface area contributed by atoms with E-state index in [9.17, 15) is 19.2 Å². The summed E-state index contributed by atoms with van der Waals surface area (Å²) in [7, 11) is 0. The molecule has 0 saturated carbocycles. The molecule has 28 heavy (non-hydrogen) atoms. The first-order valence-corrected chi connectivity index (χ1v) is 9.37. The van der Waals surface area contributed by atoms with Gasteiger partial charge >= 0.3 is 0 Å². The maximum atomic E-state index is 12.9. The van der Waals surface area contributed by atoms with Crippen LogP contribution in [-0.4, -0.2) is 54.3 Å². The van der Waals surface area contributed by atoms with Gasteiger partial charge in [0.15, 0.2) is 6.61 Å². The molecule has 1 unspecified atom stereocenters. The summed E-state index contributed by atoms with van der Waals surface area (Å²) < 4.78 is 5.58. The van der Waals surface area contributed by atoms with Gasteiger partial charge in [-0.25, -0.2) is 0 Å². The van der Waals surface area contributed by atoms with E-state index in [2.05, 4.69) is 10.6 Å². The van der Waals surface area contributed by atoms with Crippen molar-refractivity contribution in [3.63, 3.8) is 0 Å². The van der Waals surface area contributed by atoms with E-state index >= 15 is 0 Å². The Morgan fingerprint density at radius 2 is 2.11 bits per heavy atom. The highest BCUT2D eigenvalue weighted by molar-refractivity contribution is 6.06. The number of piperidine rings is 1. The fourth-order valence-electron chi connectivity index (χ4n) is 3.39. The number of carbonyl (C=O) groups excluding carboxylic acids is 4. The third-order valence-corrected chi connectivity index (χ3v) is 4.83. The Balaban J connectivity index is 1.63. The molecule has 9 heteroatoms. The van der Waals surface area contributed by atoms with Gasteiger partial charge in [-0.05, 0) is 37.4 Å². The standard InChI is InChI=1S/C19H24N4O5/c20-8-1-2-9-21-16(25)11-28-14-5-3-4-12-10-23(19(27)17(12)14)13-6-7-15(24)22-18(13)26/h3-5,13H,1-2,6-11,20H2,(H,21,25)(H,22,24,26). The summed E-state index contributed by atoms with van der Waals surface area (Å²) in [6.45, 7) is 1.16. The number of nitrogens with one attached hydrogen (secondary N) is 2. The molecule has 0 spiro atoms. The van der Waals surface area contributed by atoms with Crippen LogP contribution in [0, 0.1) is 0 Å². The van der Waals surface area contributed by atoms with Crippen LogP contribution >= 0.6 is 0 Å². The second-order valence-electron chi connectivity index (χ2n) is 6.82. The van der Waals surface area contributed by atoms with E-state index in [1.54, 1.807) is 18.2 Å². The Labute approximate surface area is 162 Å². The van der Waals surface area contributed by atoms with Crippen LogP contribution in [0.3, 0.4) is 0 Å². The van der Waals surface area contributed by atoms with Gasteiger partial charge in [0.2, 0.25) is 11.8 Å². The fraction of sp³-hybridized carbons (Fsp3) is 0.474. The molecule has 4 N–H and O–H groups in total. The van der Waals surface area contributed by atoms with Gasteiger partial charge in [0.05, 0.1) is 5.56 Å². The molecule has 1 atom stereocenters. The molecule has 0 bridgehead atoms. The number of imide groups is 1. The van der Waals surface area contributed by atoms with E-state index in [-0.39, 0.29) is 37.3 Å². The average Bonchev–Trinajstić information content (AvgIpc) is 3.01. The number of benzene rings is 1. The molecule has 0 aromatic heterocycles. The van der Waals surface area contributed by atoms with Gasteiger partial charge in [-0.1, -0.05) is 12.1 Å². The van der Waals surface area contributed by atoms with Crippen molar-refractivity contribution in [3.05, 3.63) is 29.3 Å². The largest absolute Gasteiger partial charge is 0.483 e. The second-order valence-corrected chi connectivity index (χ2v) is 6.82. The van der Waals surface area contributed by atoms with Crippen LogP contribution in [0.4, 0.5) is 0 Å². The van der Waals surface area contributed by atoms with Crippen LogP contribution < -0.4 is 21.1 Å². The number of amides is 4. The van der Waals surface area contributed by atoms with Crippen LogP contribution in [-0.2, 0) is 20.9 Å². The number of rotatable bonds is 8. The minimum Gasteiger partial charge on any atom is -0.483 e. The van der Waals surface area contributed by atoms with E-state index in [1.165, 1.54) is 4.90 Å². The molecule has 1 saturated heterocycles. The average molecular weight is 388 g/mol. The molecule has 2 aliphatic rings. The first-order valence-electron chi connectivity index (χ1n) is 9.37. The molecule has 2 heterocycles. The Kier molecular flexibility index (Phi) is 6.25. The van der Waals surface area contributed by atoms with Crippen molar-refractivity contribution in [3.8, 4) is 5.75 Å². The normalized spacial score (nSPS) is 18.7. The zero-order valence-corrected chi connectivity index (χ0v) is 15.5. The van der Waals surface area contributed by atoms with Crippen molar-refractivity contribution in [2.24, 2.45) is 5.73 Å². The quantitative estimate of drug-likeness (QED) is 0.413. The van der Waals surface area contributed by atoms with E-state index in [0.717, 1.165) is 18.4 Å². The molecule has 1 fully saturated rings. The topological polar surface area (TPSA) is 131 Å². The van der Waals surface area contributed by atoms with Gasteiger partial charge in [-0.2, -0.15) is 0 Å². The second kappa shape index (κ2) is 8.83. The minimum atomic E-state index is -0.684. The maximum absolute atomic E-state index is 12.9. The molecule has 1 aromatic carbocycles. The Bertz CT molecular complexity index is 795. The smallest absolute Gasteiger partial charge is 0.258 e. The Hall–Kier alpha value is -2.94. The Morgan fingerprint density at radius 3 is 2.86 bits per heavy atom. The molecule has 0 aliphatic carbocycles. The SMILES string of the molecule is NCCCCNC(=O)COc1cccc2c1C(=O)N(C1CCC(=O)NC1=O)C2. The summed E-state index contributed by atoms with van der Waals surface area (Å²) in [5.74, 6) is -1.08. The van der Waals surface area contributed by atoms with Crippen molar-refractivity contribution >= 4 is 23.6 Å². The molecular weight excluding hydrogens is 364 g/mol. The zero-order valence-electron chi connectivity index (χ0n) is 15.5. The number of fused-ring (bicyclic) bond motifs is 1. The summed E-state index contributed by atoms with van der Waals surface area (Å²) in [6.07, 6.45) is 2.12. The number of unbranched alkanes of at least 4 members (excludes halogenated alkanes) is 1. The van der Waals surface area contributed by atoms with Crippen LogP contribution in [0.1, 0.15) is 41.6 Å². The molecule has 0 radical (unpaired) electrons. The van der Waals surface area contributed by atoms with E-state index in [4.69, 9.17) is 10.5 Å². The lowest BCUT2D eigenvalue weighted by Crippen LogP contribution is -2.52. The zero-order chi connectivity index (χ0) is 20.1. The number of ether oxygens (including phenoxy) is 1.